The summed E-state index contributed by atoms with van der Waals surface area (Å²) < 4.78 is 81.5. The number of benzene rings is 13. The van der Waals surface area contributed by atoms with Gasteiger partial charge in [-0.05, 0) is 227 Å². The number of carbonyl (C=O) groups excluding carboxylic acids is 4. The molecular weight excluding hydrogens is 1530 g/mol. The standard InChI is InChI=1S/C97H68N2O21/c100-92-73-44-57(35-52-17-19-58(20-18-52)114-65-11-1-7-53(36-65)40-69-48-110-69)82-85-79(118-62-27-21-59(22-28-62)115-66-12-2-8-54(37-66)41-70-49-111-70)45-75-84-76(95(103)99(94(75)102)91(97(106)107)78-16-6-34-109-78)47-81(120-64-31-25-61(26-32-64)117-68-14-4-10-56(39-68)43-72-51-113-72)87(89(84)85)86-80(46-74(83(73)88(82)86)93(101)98(92)90(96(104)105)77-15-5-33-108-77)119-63-29-23-60(24-30-63)116-67-13-3-9-55(38-67)42-71-50-112-71/h1-34,36-39,44-47,69-72,90-91H,35,40-43,48-51H2,(H,104,105)(H,106,107). The van der Waals surface area contributed by atoms with Crippen LogP contribution in [0.15, 0.2) is 264 Å². The molecule has 4 fully saturated rings. The highest BCUT2D eigenvalue weighted by Gasteiger charge is 2.48. The van der Waals surface area contributed by atoms with Gasteiger partial charge in [-0.3, -0.25) is 29.0 Å². The van der Waals surface area contributed by atoms with Crippen molar-refractivity contribution in [2.45, 2.75) is 68.6 Å². The Kier molecular flexibility index (Phi) is 18.2. The fraction of sp³-hybridized carbons (Fsp3) is 0.155. The molecular formula is C97H68N2O21. The lowest BCUT2D eigenvalue weighted by Gasteiger charge is -2.34. The molecule has 6 aliphatic rings. The summed E-state index contributed by atoms with van der Waals surface area (Å²) in [6.07, 6.45) is 5.87. The Labute approximate surface area is 682 Å². The highest BCUT2D eigenvalue weighted by atomic mass is 16.6. The Morgan fingerprint density at radius 1 is 0.308 bits per heavy atom. The molecule has 6 aliphatic heterocycles. The second kappa shape index (κ2) is 29.8. The van der Waals surface area contributed by atoms with Gasteiger partial charge >= 0.3 is 11.9 Å². The smallest absolute Gasteiger partial charge is 0.334 e. The minimum absolute atomic E-state index is 0.0273. The minimum Gasteiger partial charge on any atom is -0.479 e. The predicted molar refractivity (Wildman–Crippen MR) is 435 cm³/mol. The summed E-state index contributed by atoms with van der Waals surface area (Å²) in [6.45, 7) is 2.73. The average Bonchev–Trinajstić information content (AvgIpc) is 0.989. The van der Waals surface area contributed by atoms with Crippen LogP contribution in [0.5, 0.6) is 80.5 Å². The Morgan fingerprint density at radius 3 is 0.883 bits per heavy atom. The topological polar surface area (TPSA) is 290 Å². The van der Waals surface area contributed by atoms with Crippen molar-refractivity contribution in [2.75, 3.05) is 26.4 Å². The molecule has 23 nitrogen and oxygen atoms in total. The number of epoxide rings is 4. The fourth-order valence-electron chi connectivity index (χ4n) is 16.4. The number of hydrogen-bond acceptors (Lipinski definition) is 19. The van der Waals surface area contributed by atoms with Gasteiger partial charge in [-0.15, -0.1) is 0 Å². The highest BCUT2D eigenvalue weighted by molar-refractivity contribution is 6.44. The first-order chi connectivity index (χ1) is 58.6. The van der Waals surface area contributed by atoms with Crippen LogP contribution in [0.1, 0.15) is 98.4 Å². The van der Waals surface area contributed by atoms with Gasteiger partial charge in [-0.2, -0.15) is 0 Å². The minimum atomic E-state index is -2.02. The number of aliphatic carboxylic acids is 2. The van der Waals surface area contributed by atoms with Gasteiger partial charge in [0.25, 0.3) is 23.6 Å². The average molecular weight is 1600 g/mol. The van der Waals surface area contributed by atoms with Crippen LogP contribution in [0.2, 0.25) is 0 Å². The molecule has 4 amide bonds. The van der Waals surface area contributed by atoms with Crippen molar-refractivity contribution in [1.29, 1.82) is 0 Å². The maximum absolute atomic E-state index is 16.3. The number of carboxylic acid groups (broad SMARTS) is 2. The van der Waals surface area contributed by atoms with E-state index in [1.54, 1.807) is 78.9 Å². The van der Waals surface area contributed by atoms with Gasteiger partial charge in [0.05, 0.1) is 80.1 Å². The van der Waals surface area contributed by atoms with Crippen LogP contribution in [0.4, 0.5) is 0 Å². The van der Waals surface area contributed by atoms with E-state index < -0.39 is 47.7 Å². The third kappa shape index (κ3) is 14.3. The van der Waals surface area contributed by atoms with Gasteiger partial charge in [0.15, 0.2) is 12.1 Å². The van der Waals surface area contributed by atoms with Crippen LogP contribution < -0.4 is 33.2 Å². The first kappa shape index (κ1) is 73.0. The number of imide groups is 2. The number of hydrogen-bond donors (Lipinski definition) is 2. The molecule has 592 valence electrons. The molecule has 0 aliphatic carbocycles. The van der Waals surface area contributed by atoms with Crippen molar-refractivity contribution in [3.8, 4) is 80.5 Å². The number of rotatable bonds is 30. The molecule has 0 bridgehead atoms. The number of nitrogens with zero attached hydrogens (tertiary/aromatic N) is 2. The van der Waals surface area contributed by atoms with Crippen LogP contribution in [0, 0.1) is 0 Å². The van der Waals surface area contributed by atoms with Gasteiger partial charge < -0.3 is 71.2 Å². The number of carboxylic acids is 2. The van der Waals surface area contributed by atoms with Crippen molar-refractivity contribution < 1.29 is 99.9 Å². The molecule has 0 radical (unpaired) electrons. The molecule has 2 N–H and O–H groups in total. The van der Waals surface area contributed by atoms with E-state index in [-0.39, 0.29) is 137 Å². The largest absolute Gasteiger partial charge is 0.479 e. The number of amides is 4. The summed E-state index contributed by atoms with van der Waals surface area (Å²) in [5.74, 6) is -3.22. The predicted octanol–water partition coefficient (Wildman–Crippen LogP) is 19.7. The summed E-state index contributed by atoms with van der Waals surface area (Å²) >= 11 is 0. The van der Waals surface area contributed by atoms with Crippen molar-refractivity contribution in [1.82, 2.24) is 9.80 Å². The Hall–Kier alpha value is -14.6. The first-order valence-corrected chi connectivity index (χ1v) is 39.3. The lowest BCUT2D eigenvalue weighted by molar-refractivity contribution is -0.143. The summed E-state index contributed by atoms with van der Waals surface area (Å²) in [7, 11) is 0. The zero-order valence-corrected chi connectivity index (χ0v) is 63.6. The van der Waals surface area contributed by atoms with Gasteiger partial charge in [-0.1, -0.05) is 60.7 Å². The maximum Gasteiger partial charge on any atom is 0.334 e. The molecule has 2 aromatic heterocycles. The first-order valence-electron chi connectivity index (χ1n) is 39.3. The van der Waals surface area contributed by atoms with Crippen LogP contribution >= 0.6 is 0 Å². The Bertz CT molecular complexity index is 5890. The number of fused-ring (bicyclic) bond motifs is 2. The van der Waals surface area contributed by atoms with E-state index in [9.17, 15) is 19.8 Å². The van der Waals surface area contributed by atoms with Gasteiger partial charge in [-0.25, -0.2) is 9.59 Å². The third-order valence-corrected chi connectivity index (χ3v) is 22.2. The molecule has 6 atom stereocenters. The quantitative estimate of drug-likeness (QED) is 0.0183. The van der Waals surface area contributed by atoms with Crippen LogP contribution in [0.25, 0.3) is 43.1 Å². The second-order valence-electron chi connectivity index (χ2n) is 30.5. The molecule has 4 saturated heterocycles. The number of carbonyl (C=O) groups is 6. The Morgan fingerprint density at radius 2 is 0.592 bits per heavy atom. The van der Waals surface area contributed by atoms with E-state index in [0.29, 0.717) is 118 Å². The van der Waals surface area contributed by atoms with Crippen molar-refractivity contribution in [3.05, 3.63) is 322 Å². The number of ether oxygens (including phenoxy) is 11. The second-order valence-corrected chi connectivity index (χ2v) is 30.5. The summed E-state index contributed by atoms with van der Waals surface area (Å²) in [6, 6.07) is 66.1. The zero-order valence-electron chi connectivity index (χ0n) is 63.6. The number of furan rings is 2. The summed E-state index contributed by atoms with van der Waals surface area (Å²) in [5, 5.41) is 23.9. The van der Waals surface area contributed by atoms with Gasteiger partial charge in [0.1, 0.15) is 92.0 Å². The van der Waals surface area contributed by atoms with Crippen molar-refractivity contribution in [2.24, 2.45) is 0 Å². The molecule has 0 spiro atoms. The van der Waals surface area contributed by atoms with Gasteiger partial charge in [0, 0.05) is 69.0 Å². The van der Waals surface area contributed by atoms with Gasteiger partial charge in [0.2, 0.25) is 0 Å². The Balaban J connectivity index is 0.818. The highest BCUT2D eigenvalue weighted by Crippen LogP contribution is 2.58. The van der Waals surface area contributed by atoms with Crippen molar-refractivity contribution in [3.63, 3.8) is 0 Å². The molecule has 23 heteroatoms. The lowest BCUT2D eigenvalue weighted by Crippen LogP contribution is -2.45. The SMILES string of the molecule is O=C(O)C(c1ccco1)N1C(=O)c2cc(Cc3ccc(Oc4cccc(CC5CO5)c4)cc3)c3c4c(Oc5ccc(Oc6cccc(CC7CO7)c6)cc5)cc5c6c(cc(Oc7ccc(Oc8cccc(CC9CO9)c8)cc7)c(c7c(Oc8ccc(Oc9cccc(CC%10CO%10)c9)cc8)cc(c2c37)C1=O)c64)C(=O)N(C(C(=O)O)c1ccco1)C5=O. The van der Waals surface area contributed by atoms with E-state index in [2.05, 4.69) is 0 Å². The molecule has 120 heavy (non-hydrogen) atoms. The lowest BCUT2D eigenvalue weighted by atomic mass is 9.78. The van der Waals surface area contributed by atoms with Crippen LogP contribution in [-0.2, 0) is 60.6 Å². The summed E-state index contributed by atoms with van der Waals surface area (Å²) in [4.78, 5) is 94.3. The molecule has 13 aromatic carbocycles. The zero-order chi connectivity index (χ0) is 81.0. The fourth-order valence-corrected chi connectivity index (χ4v) is 16.4. The van der Waals surface area contributed by atoms with E-state index in [1.165, 1.54) is 55.0 Å². The third-order valence-electron chi connectivity index (χ3n) is 22.2. The maximum atomic E-state index is 16.3. The normalized spacial score (nSPS) is 17.3. The van der Waals surface area contributed by atoms with E-state index in [1.807, 2.05) is 121 Å². The van der Waals surface area contributed by atoms with Crippen molar-refractivity contribution >= 4 is 78.7 Å². The molecule has 21 rings (SSSR count). The molecule has 8 heterocycles. The molecule has 0 saturated carbocycles. The van der Waals surface area contributed by atoms with Crippen LogP contribution in [-0.4, -0.2) is 106 Å². The van der Waals surface area contributed by atoms with E-state index in [0.717, 1.165) is 28.7 Å². The van der Waals surface area contributed by atoms with E-state index in [4.69, 9.17) is 60.9 Å². The molecule has 6 unspecified atom stereocenters. The monoisotopic (exact) mass is 1600 g/mol. The summed E-state index contributed by atoms with van der Waals surface area (Å²) in [5.41, 5.74) is 4.52. The van der Waals surface area contributed by atoms with E-state index >= 15 is 19.2 Å². The molecule has 15 aromatic rings. The van der Waals surface area contributed by atoms with Crippen LogP contribution in [0.3, 0.4) is 0 Å².